The zero-order valence-corrected chi connectivity index (χ0v) is 10.2. The van der Waals surface area contributed by atoms with E-state index in [-0.39, 0.29) is 5.28 Å². The summed E-state index contributed by atoms with van der Waals surface area (Å²) in [7, 11) is 0. The first-order valence-corrected chi connectivity index (χ1v) is 6.10. The average Bonchev–Trinajstić information content (AvgIpc) is 2.08. The molecular weight excluding hydrogens is 239 g/mol. The smallest absolute Gasteiger partial charge is 0.222 e. The van der Waals surface area contributed by atoms with Gasteiger partial charge in [0, 0.05) is 5.25 Å². The van der Waals surface area contributed by atoms with Gasteiger partial charge in [-0.05, 0) is 23.9 Å². The van der Waals surface area contributed by atoms with E-state index in [9.17, 15) is 0 Å². The molecule has 0 aromatic carbocycles. The number of fused-ring (bicyclic) bond motifs is 1. The van der Waals surface area contributed by atoms with Crippen LogP contribution in [-0.4, -0.2) is 15.2 Å². The van der Waals surface area contributed by atoms with Gasteiger partial charge >= 0.3 is 0 Å². The van der Waals surface area contributed by atoms with Gasteiger partial charge in [0.1, 0.15) is 5.15 Å². The van der Waals surface area contributed by atoms with E-state index >= 15 is 0 Å². The fourth-order valence-corrected chi connectivity index (χ4v) is 3.13. The second-order valence-electron chi connectivity index (χ2n) is 3.56. The van der Waals surface area contributed by atoms with Crippen LogP contribution in [0, 0.1) is 5.92 Å². The molecule has 0 spiro atoms. The lowest BCUT2D eigenvalue weighted by Crippen LogP contribution is -2.20. The van der Waals surface area contributed by atoms with Crippen molar-refractivity contribution < 1.29 is 0 Å². The minimum Gasteiger partial charge on any atom is -0.222 e. The first kappa shape index (κ1) is 10.5. The van der Waals surface area contributed by atoms with Crippen molar-refractivity contribution in [2.24, 2.45) is 5.92 Å². The third-order valence-corrected chi connectivity index (χ3v) is 4.54. The molecule has 2 heterocycles. The van der Waals surface area contributed by atoms with Crippen molar-refractivity contribution in [1.82, 2.24) is 9.97 Å². The van der Waals surface area contributed by atoms with Crippen molar-refractivity contribution in [2.75, 3.05) is 0 Å². The molecule has 0 unspecified atom stereocenters. The monoisotopic (exact) mass is 248 g/mol. The number of halogens is 2. The van der Waals surface area contributed by atoms with Gasteiger partial charge in [0.2, 0.25) is 5.28 Å². The molecule has 0 saturated heterocycles. The Morgan fingerprint density at radius 2 is 2.00 bits per heavy atom. The molecule has 2 nitrogen and oxygen atoms in total. The molecular formula is C9H10Cl2N2S. The number of thioether (sulfide) groups is 1. The Bertz CT molecular complexity index is 370. The molecule has 14 heavy (non-hydrogen) atoms. The molecule has 0 bridgehead atoms. The first-order valence-electron chi connectivity index (χ1n) is 4.46. The van der Waals surface area contributed by atoms with Gasteiger partial charge < -0.3 is 0 Å². The topological polar surface area (TPSA) is 25.8 Å². The van der Waals surface area contributed by atoms with Crippen molar-refractivity contribution in [3.05, 3.63) is 16.1 Å². The highest BCUT2D eigenvalue weighted by Crippen LogP contribution is 2.40. The van der Waals surface area contributed by atoms with Crippen molar-refractivity contribution >= 4 is 35.0 Å². The standard InChI is InChI=1S/C9H10Cl2N2S/c1-4-3-6-7(14-5(4)2)8(10)13-9(11)12-6/h4-5H,3H2,1-2H3/t4-,5-/m1/s1. The van der Waals surface area contributed by atoms with E-state index in [0.29, 0.717) is 16.3 Å². The van der Waals surface area contributed by atoms with E-state index in [4.69, 9.17) is 23.2 Å². The Morgan fingerprint density at radius 1 is 1.29 bits per heavy atom. The Balaban J connectivity index is 2.46. The normalized spacial score (nSPS) is 26.0. The summed E-state index contributed by atoms with van der Waals surface area (Å²) in [5.74, 6) is 0.606. The van der Waals surface area contributed by atoms with Crippen LogP contribution in [0.5, 0.6) is 0 Å². The molecule has 0 radical (unpaired) electrons. The van der Waals surface area contributed by atoms with Crippen molar-refractivity contribution in [2.45, 2.75) is 30.4 Å². The number of hydrogen-bond donors (Lipinski definition) is 0. The Morgan fingerprint density at radius 3 is 2.71 bits per heavy atom. The quantitative estimate of drug-likeness (QED) is 0.520. The van der Waals surface area contributed by atoms with Crippen LogP contribution in [0.25, 0.3) is 0 Å². The van der Waals surface area contributed by atoms with Crippen LogP contribution in [0.1, 0.15) is 19.5 Å². The highest BCUT2D eigenvalue weighted by atomic mass is 35.5. The van der Waals surface area contributed by atoms with Crippen LogP contribution in [-0.2, 0) is 6.42 Å². The first-order chi connectivity index (χ1) is 6.58. The number of aromatic nitrogens is 2. The van der Waals surface area contributed by atoms with Crippen molar-refractivity contribution in [3.63, 3.8) is 0 Å². The van der Waals surface area contributed by atoms with Gasteiger partial charge in [-0.3, -0.25) is 0 Å². The lowest BCUT2D eigenvalue weighted by molar-refractivity contribution is 0.547. The second kappa shape index (κ2) is 3.87. The Labute approximate surface area is 97.4 Å². The van der Waals surface area contributed by atoms with Crippen LogP contribution in [0.15, 0.2) is 4.90 Å². The second-order valence-corrected chi connectivity index (χ2v) is 5.65. The van der Waals surface area contributed by atoms with Gasteiger partial charge in [0.05, 0.1) is 10.6 Å². The Hall–Kier alpha value is 0.01000. The predicted molar refractivity (Wildman–Crippen MR) is 60.2 cm³/mol. The maximum atomic E-state index is 6.00. The highest BCUT2D eigenvalue weighted by molar-refractivity contribution is 8.00. The molecule has 0 saturated carbocycles. The average molecular weight is 249 g/mol. The van der Waals surface area contributed by atoms with E-state index in [0.717, 1.165) is 17.0 Å². The fourth-order valence-electron chi connectivity index (χ4n) is 1.47. The Kier molecular flexibility index (Phi) is 2.91. The minimum atomic E-state index is 0.246. The molecule has 1 aliphatic heterocycles. The van der Waals surface area contributed by atoms with Gasteiger partial charge in [0.25, 0.3) is 0 Å². The summed E-state index contributed by atoms with van der Waals surface area (Å²) >= 11 is 13.5. The molecule has 1 aromatic heterocycles. The molecule has 2 atom stereocenters. The zero-order valence-electron chi connectivity index (χ0n) is 7.92. The fraction of sp³-hybridized carbons (Fsp3) is 0.556. The summed E-state index contributed by atoms with van der Waals surface area (Å²) < 4.78 is 0. The molecule has 0 N–H and O–H groups in total. The number of hydrogen-bond acceptors (Lipinski definition) is 3. The van der Waals surface area contributed by atoms with Gasteiger partial charge in [-0.25, -0.2) is 9.97 Å². The number of nitrogens with zero attached hydrogens (tertiary/aromatic N) is 2. The van der Waals surface area contributed by atoms with Gasteiger partial charge in [0.15, 0.2) is 0 Å². The van der Waals surface area contributed by atoms with Crippen LogP contribution in [0.2, 0.25) is 10.4 Å². The summed E-state index contributed by atoms with van der Waals surface area (Å²) in [6, 6.07) is 0. The van der Waals surface area contributed by atoms with E-state index in [1.54, 1.807) is 11.8 Å². The molecule has 0 amide bonds. The zero-order chi connectivity index (χ0) is 10.3. The largest absolute Gasteiger partial charge is 0.224 e. The molecule has 76 valence electrons. The van der Waals surface area contributed by atoms with E-state index in [1.165, 1.54) is 0 Å². The van der Waals surface area contributed by atoms with Crippen LogP contribution in [0.4, 0.5) is 0 Å². The molecule has 2 rings (SSSR count). The highest BCUT2D eigenvalue weighted by Gasteiger charge is 2.26. The third kappa shape index (κ3) is 1.86. The predicted octanol–water partition coefficient (Wildman–Crippen LogP) is 3.46. The molecule has 1 aliphatic rings. The maximum Gasteiger partial charge on any atom is 0.224 e. The van der Waals surface area contributed by atoms with E-state index in [1.807, 2.05) is 0 Å². The lowest BCUT2D eigenvalue weighted by Gasteiger charge is -2.26. The molecule has 1 aromatic rings. The van der Waals surface area contributed by atoms with Crippen molar-refractivity contribution in [3.8, 4) is 0 Å². The molecule has 0 fully saturated rings. The molecule has 5 heteroatoms. The maximum absolute atomic E-state index is 6.00. The minimum absolute atomic E-state index is 0.246. The number of rotatable bonds is 0. The summed E-state index contributed by atoms with van der Waals surface area (Å²) in [5.41, 5.74) is 0.991. The SMILES string of the molecule is C[C@@H]1Cc2nc(Cl)nc(Cl)c2S[C@@H]1C. The van der Waals surface area contributed by atoms with Gasteiger partial charge in [-0.1, -0.05) is 25.4 Å². The molecule has 0 aliphatic carbocycles. The summed E-state index contributed by atoms with van der Waals surface area (Å²) in [4.78, 5) is 9.16. The van der Waals surface area contributed by atoms with Crippen molar-refractivity contribution in [1.29, 1.82) is 0 Å². The van der Waals surface area contributed by atoms with Crippen LogP contribution in [0.3, 0.4) is 0 Å². The van der Waals surface area contributed by atoms with Gasteiger partial charge in [-0.2, -0.15) is 0 Å². The van der Waals surface area contributed by atoms with Crippen LogP contribution < -0.4 is 0 Å². The summed E-state index contributed by atoms with van der Waals surface area (Å²) in [6.45, 7) is 4.41. The summed E-state index contributed by atoms with van der Waals surface area (Å²) in [6.07, 6.45) is 0.936. The summed E-state index contributed by atoms with van der Waals surface area (Å²) in [5, 5.41) is 1.30. The van der Waals surface area contributed by atoms with E-state index < -0.39 is 0 Å². The third-order valence-electron chi connectivity index (χ3n) is 2.49. The lowest BCUT2D eigenvalue weighted by atomic mass is 10.0. The van der Waals surface area contributed by atoms with E-state index in [2.05, 4.69) is 23.8 Å². The van der Waals surface area contributed by atoms with Gasteiger partial charge in [-0.15, -0.1) is 11.8 Å². The van der Waals surface area contributed by atoms with Crippen LogP contribution >= 0.6 is 35.0 Å².